The van der Waals surface area contributed by atoms with Crippen molar-refractivity contribution in [2.24, 2.45) is 11.8 Å². The number of ether oxygens (including phenoxy) is 1. The Bertz CT molecular complexity index is 474. The van der Waals surface area contributed by atoms with E-state index in [1.54, 1.807) is 0 Å². The minimum Gasteiger partial charge on any atom is -0.493 e. The Morgan fingerprint density at radius 3 is 3.21 bits per heavy atom. The number of nitrogens with one attached hydrogen (secondary N) is 1. The van der Waals surface area contributed by atoms with Crippen LogP contribution >= 0.6 is 0 Å². The average Bonchev–Trinajstić information content (AvgIpc) is 3.05. The van der Waals surface area contributed by atoms with E-state index in [1.807, 2.05) is 0 Å². The molecule has 2 saturated heterocycles. The van der Waals surface area contributed by atoms with E-state index in [9.17, 15) is 0 Å². The van der Waals surface area contributed by atoms with Gasteiger partial charge in [-0.3, -0.25) is 4.90 Å². The Labute approximate surface area is 114 Å². The van der Waals surface area contributed by atoms with Crippen LogP contribution in [0.25, 0.3) is 0 Å². The quantitative estimate of drug-likeness (QED) is 0.873. The molecule has 2 atom stereocenters. The lowest BCUT2D eigenvalue weighted by Gasteiger charge is -2.34. The second-order valence-electron chi connectivity index (χ2n) is 6.24. The third-order valence-corrected chi connectivity index (χ3v) is 4.95. The van der Waals surface area contributed by atoms with Gasteiger partial charge in [0.15, 0.2) is 0 Å². The Kier molecular flexibility index (Phi) is 2.97. The summed E-state index contributed by atoms with van der Waals surface area (Å²) in [6, 6.07) is 6.74. The molecule has 3 aliphatic heterocycles. The minimum atomic E-state index is 0.859. The van der Waals surface area contributed by atoms with Gasteiger partial charge in [0, 0.05) is 19.5 Å². The van der Waals surface area contributed by atoms with Crippen molar-refractivity contribution in [3.63, 3.8) is 0 Å². The van der Waals surface area contributed by atoms with Crippen molar-refractivity contribution in [2.75, 3.05) is 32.8 Å². The summed E-state index contributed by atoms with van der Waals surface area (Å²) in [5, 5.41) is 3.54. The van der Waals surface area contributed by atoms with Crippen molar-refractivity contribution in [1.29, 1.82) is 0 Å². The Balaban J connectivity index is 1.44. The Morgan fingerprint density at radius 1 is 1.26 bits per heavy atom. The van der Waals surface area contributed by atoms with Gasteiger partial charge in [-0.25, -0.2) is 0 Å². The van der Waals surface area contributed by atoms with Crippen molar-refractivity contribution in [3.05, 3.63) is 29.3 Å². The molecule has 2 unspecified atom stereocenters. The van der Waals surface area contributed by atoms with Gasteiger partial charge in [-0.05, 0) is 55.1 Å². The molecule has 0 amide bonds. The first kappa shape index (κ1) is 11.7. The lowest BCUT2D eigenvalue weighted by molar-refractivity contribution is 0.142. The van der Waals surface area contributed by atoms with Crippen LogP contribution in [0.1, 0.15) is 17.5 Å². The molecule has 3 aliphatic rings. The third kappa shape index (κ3) is 2.26. The zero-order chi connectivity index (χ0) is 12.7. The average molecular weight is 258 g/mol. The maximum atomic E-state index is 5.58. The van der Waals surface area contributed by atoms with Gasteiger partial charge in [-0.15, -0.1) is 0 Å². The topological polar surface area (TPSA) is 24.5 Å². The zero-order valence-electron chi connectivity index (χ0n) is 11.4. The highest BCUT2D eigenvalue weighted by molar-refractivity contribution is 5.39. The highest BCUT2D eigenvalue weighted by Crippen LogP contribution is 2.29. The van der Waals surface area contributed by atoms with E-state index in [0.29, 0.717) is 0 Å². The molecule has 102 valence electrons. The normalized spacial score (nSPS) is 29.9. The summed E-state index contributed by atoms with van der Waals surface area (Å²) in [5.74, 6) is 2.92. The van der Waals surface area contributed by atoms with Crippen LogP contribution in [0.3, 0.4) is 0 Å². The first-order valence-corrected chi connectivity index (χ1v) is 7.56. The smallest absolute Gasteiger partial charge is 0.122 e. The Morgan fingerprint density at radius 2 is 2.21 bits per heavy atom. The van der Waals surface area contributed by atoms with Gasteiger partial charge in [-0.2, -0.15) is 0 Å². The summed E-state index contributed by atoms with van der Waals surface area (Å²) in [7, 11) is 0. The number of fused-ring (bicyclic) bond motifs is 2. The van der Waals surface area contributed by atoms with Crippen LogP contribution in [0.4, 0.5) is 0 Å². The molecule has 0 bridgehead atoms. The highest BCUT2D eigenvalue weighted by Gasteiger charge is 2.32. The summed E-state index contributed by atoms with van der Waals surface area (Å²) >= 11 is 0. The number of benzene rings is 1. The highest BCUT2D eigenvalue weighted by atomic mass is 16.5. The van der Waals surface area contributed by atoms with Crippen LogP contribution < -0.4 is 10.1 Å². The molecule has 3 heterocycles. The summed E-state index contributed by atoms with van der Waals surface area (Å²) in [4.78, 5) is 2.63. The van der Waals surface area contributed by atoms with Crippen molar-refractivity contribution in [3.8, 4) is 5.75 Å². The van der Waals surface area contributed by atoms with Gasteiger partial charge < -0.3 is 10.1 Å². The van der Waals surface area contributed by atoms with E-state index in [0.717, 1.165) is 37.2 Å². The van der Waals surface area contributed by atoms with Gasteiger partial charge in [0.1, 0.15) is 5.75 Å². The SMILES string of the molecule is c1cc2c(cc1CN1CCC3CNCC3C1)CCO2. The molecule has 1 aromatic carbocycles. The van der Waals surface area contributed by atoms with Crippen molar-refractivity contribution in [2.45, 2.75) is 19.4 Å². The molecule has 1 N–H and O–H groups in total. The van der Waals surface area contributed by atoms with Crippen LogP contribution in [-0.2, 0) is 13.0 Å². The van der Waals surface area contributed by atoms with Crippen LogP contribution in [0.15, 0.2) is 18.2 Å². The second kappa shape index (κ2) is 4.80. The van der Waals surface area contributed by atoms with Crippen molar-refractivity contribution < 1.29 is 4.74 Å². The predicted molar refractivity (Wildman–Crippen MR) is 75.4 cm³/mol. The van der Waals surface area contributed by atoms with E-state index in [4.69, 9.17) is 4.74 Å². The molecule has 3 heteroatoms. The summed E-state index contributed by atoms with van der Waals surface area (Å²) < 4.78 is 5.58. The summed E-state index contributed by atoms with van der Waals surface area (Å²) in [5.41, 5.74) is 2.85. The molecule has 0 aliphatic carbocycles. The van der Waals surface area contributed by atoms with Gasteiger partial charge in [-0.1, -0.05) is 12.1 Å². The zero-order valence-corrected chi connectivity index (χ0v) is 11.4. The number of hydrogen-bond acceptors (Lipinski definition) is 3. The number of rotatable bonds is 2. The monoisotopic (exact) mass is 258 g/mol. The number of hydrogen-bond donors (Lipinski definition) is 1. The van der Waals surface area contributed by atoms with Crippen LogP contribution in [0, 0.1) is 11.8 Å². The van der Waals surface area contributed by atoms with Crippen LogP contribution in [-0.4, -0.2) is 37.7 Å². The lowest BCUT2D eigenvalue weighted by atomic mass is 9.88. The van der Waals surface area contributed by atoms with E-state index < -0.39 is 0 Å². The van der Waals surface area contributed by atoms with E-state index in [1.165, 1.54) is 43.7 Å². The maximum absolute atomic E-state index is 5.58. The van der Waals surface area contributed by atoms with E-state index in [2.05, 4.69) is 28.4 Å². The molecule has 1 aromatic rings. The van der Waals surface area contributed by atoms with Crippen LogP contribution in [0.5, 0.6) is 5.75 Å². The summed E-state index contributed by atoms with van der Waals surface area (Å²) in [6.07, 6.45) is 2.45. The summed E-state index contributed by atoms with van der Waals surface area (Å²) in [6.45, 7) is 6.96. The first-order valence-electron chi connectivity index (χ1n) is 7.56. The lowest BCUT2D eigenvalue weighted by Crippen LogP contribution is -2.39. The molecule has 0 aromatic heterocycles. The number of likely N-dealkylation sites (tertiary alicyclic amines) is 1. The van der Waals surface area contributed by atoms with Gasteiger partial charge in [0.05, 0.1) is 6.61 Å². The fourth-order valence-electron chi connectivity index (χ4n) is 3.85. The molecule has 19 heavy (non-hydrogen) atoms. The molecule has 0 spiro atoms. The number of nitrogens with zero attached hydrogens (tertiary/aromatic N) is 1. The molecule has 3 nitrogen and oxygen atoms in total. The van der Waals surface area contributed by atoms with E-state index in [-0.39, 0.29) is 0 Å². The fraction of sp³-hybridized carbons (Fsp3) is 0.625. The first-order chi connectivity index (χ1) is 9.38. The molecule has 4 rings (SSSR count). The Hall–Kier alpha value is -1.06. The minimum absolute atomic E-state index is 0.859. The largest absolute Gasteiger partial charge is 0.493 e. The molecular weight excluding hydrogens is 236 g/mol. The van der Waals surface area contributed by atoms with Gasteiger partial charge in [0.25, 0.3) is 0 Å². The maximum Gasteiger partial charge on any atom is 0.122 e. The van der Waals surface area contributed by atoms with Gasteiger partial charge >= 0.3 is 0 Å². The third-order valence-electron chi connectivity index (χ3n) is 4.95. The molecular formula is C16H22N2O. The molecule has 2 fully saturated rings. The van der Waals surface area contributed by atoms with E-state index >= 15 is 0 Å². The number of piperidine rings is 1. The van der Waals surface area contributed by atoms with Crippen molar-refractivity contribution in [1.82, 2.24) is 10.2 Å². The van der Waals surface area contributed by atoms with Gasteiger partial charge in [0.2, 0.25) is 0 Å². The van der Waals surface area contributed by atoms with Crippen LogP contribution in [0.2, 0.25) is 0 Å². The molecule has 0 radical (unpaired) electrons. The second-order valence-corrected chi connectivity index (χ2v) is 6.24. The van der Waals surface area contributed by atoms with Crippen molar-refractivity contribution >= 4 is 0 Å². The fourth-order valence-corrected chi connectivity index (χ4v) is 3.85. The predicted octanol–water partition coefficient (Wildman–Crippen LogP) is 1.66. The molecule has 0 saturated carbocycles. The standard InChI is InChI=1S/C16H22N2O/c1-2-16-13(4-6-19-16)7-12(1)10-18-5-3-14-8-17-9-15(14)11-18/h1-2,7,14-15,17H,3-6,8-11H2.